The Morgan fingerprint density at radius 3 is 1.79 bits per heavy atom. The monoisotopic (exact) mass is 594 g/mol. The predicted octanol–water partition coefficient (Wildman–Crippen LogP) is 7.27. The van der Waals surface area contributed by atoms with Crippen LogP contribution in [0.1, 0.15) is 162 Å². The minimum atomic E-state index is -0.541. The van der Waals surface area contributed by atoms with E-state index >= 15 is 0 Å². The molecule has 3 N–H and O–H groups in total. The van der Waals surface area contributed by atoms with E-state index in [4.69, 9.17) is 9.47 Å². The number of aliphatic hydroxyl groups is 3. The fraction of sp³-hybridized carbons (Fsp3) is 0.886. The zero-order valence-corrected chi connectivity index (χ0v) is 26.8. The van der Waals surface area contributed by atoms with Crippen LogP contribution in [-0.2, 0) is 19.1 Å². The maximum Gasteiger partial charge on any atom is 0.334 e. The molecule has 1 fully saturated rings. The topological polar surface area (TPSA) is 113 Å². The minimum absolute atomic E-state index is 0.164. The maximum atomic E-state index is 12.2. The molecular weight excluding hydrogens is 532 g/mol. The number of ether oxygens (including phenoxy) is 2. The Labute approximate surface area is 255 Å². The van der Waals surface area contributed by atoms with Crippen LogP contribution in [0.4, 0.5) is 0 Å². The molecule has 2 aliphatic heterocycles. The summed E-state index contributed by atoms with van der Waals surface area (Å²) in [7, 11) is 0. The average molecular weight is 595 g/mol. The van der Waals surface area contributed by atoms with Gasteiger partial charge in [0.2, 0.25) is 0 Å². The standard InChI is InChI=1S/C35H62O7/c1-3-4-5-6-7-8-9-10-11-12-20-31(38)33-24-25-34(42-33)32(39)21-16-15-18-29(36)17-13-14-19-30(37)23-22-28-26-27(2)41-35(28)40/h26-27,30-34,37-39H,3-25H2,1-2H3/t27-,30?,31?,32?,33?,34?/m0/s1. The second-order valence-corrected chi connectivity index (χ2v) is 12.9. The van der Waals surface area contributed by atoms with E-state index in [0.717, 1.165) is 51.4 Å². The number of hydrogen-bond acceptors (Lipinski definition) is 7. The lowest BCUT2D eigenvalue weighted by atomic mass is 9.99. The number of Topliss-reactive ketones (excluding diaryl/α,β-unsaturated/α-hetero) is 1. The quantitative estimate of drug-likeness (QED) is 0.0713. The van der Waals surface area contributed by atoms with Gasteiger partial charge >= 0.3 is 5.97 Å². The molecule has 0 aliphatic carbocycles. The normalized spacial score (nSPS) is 22.6. The number of cyclic esters (lactones) is 1. The van der Waals surface area contributed by atoms with Crippen molar-refractivity contribution in [3.63, 3.8) is 0 Å². The van der Waals surface area contributed by atoms with Gasteiger partial charge in [-0.05, 0) is 70.8 Å². The maximum absolute atomic E-state index is 12.2. The second-order valence-electron chi connectivity index (χ2n) is 12.9. The molecule has 0 radical (unpaired) electrons. The van der Waals surface area contributed by atoms with E-state index in [1.807, 2.05) is 13.0 Å². The van der Waals surface area contributed by atoms with Gasteiger partial charge in [-0.3, -0.25) is 4.79 Å². The molecule has 2 rings (SSSR count). The van der Waals surface area contributed by atoms with Gasteiger partial charge in [-0.1, -0.05) is 84.0 Å². The Balaban J connectivity index is 1.42. The van der Waals surface area contributed by atoms with Gasteiger partial charge < -0.3 is 24.8 Å². The van der Waals surface area contributed by atoms with Crippen molar-refractivity contribution in [2.75, 3.05) is 0 Å². The van der Waals surface area contributed by atoms with E-state index in [1.165, 1.54) is 57.8 Å². The number of carbonyl (C=O) groups excluding carboxylic acids is 2. The molecule has 0 bridgehead atoms. The van der Waals surface area contributed by atoms with Crippen molar-refractivity contribution in [1.29, 1.82) is 0 Å². The zero-order valence-electron chi connectivity index (χ0n) is 26.8. The third kappa shape index (κ3) is 16.0. The van der Waals surface area contributed by atoms with Crippen molar-refractivity contribution < 1.29 is 34.4 Å². The molecule has 0 spiro atoms. The number of aliphatic hydroxyl groups excluding tert-OH is 3. The Morgan fingerprint density at radius 2 is 1.26 bits per heavy atom. The van der Waals surface area contributed by atoms with Crippen molar-refractivity contribution in [3.05, 3.63) is 11.6 Å². The third-order valence-corrected chi connectivity index (χ3v) is 8.98. The fourth-order valence-electron chi connectivity index (χ4n) is 6.25. The lowest BCUT2D eigenvalue weighted by Crippen LogP contribution is -2.31. The molecule has 6 atom stereocenters. The van der Waals surface area contributed by atoms with Gasteiger partial charge in [-0.15, -0.1) is 0 Å². The van der Waals surface area contributed by atoms with E-state index in [1.54, 1.807) is 0 Å². The van der Waals surface area contributed by atoms with Crippen molar-refractivity contribution >= 4 is 11.8 Å². The molecule has 5 unspecified atom stereocenters. The highest BCUT2D eigenvalue weighted by molar-refractivity contribution is 5.90. The number of ketones is 1. The summed E-state index contributed by atoms with van der Waals surface area (Å²) < 4.78 is 11.1. The first kappa shape index (κ1) is 36.9. The molecular formula is C35H62O7. The molecule has 2 aliphatic rings. The first-order valence-corrected chi connectivity index (χ1v) is 17.4. The highest BCUT2D eigenvalue weighted by atomic mass is 16.5. The van der Waals surface area contributed by atoms with Gasteiger partial charge in [0.05, 0.1) is 30.5 Å². The van der Waals surface area contributed by atoms with Crippen molar-refractivity contribution in [2.45, 2.75) is 198 Å². The van der Waals surface area contributed by atoms with E-state index < -0.39 is 18.3 Å². The Kier molecular flexibility index (Phi) is 19.6. The molecule has 0 amide bonds. The van der Waals surface area contributed by atoms with E-state index in [-0.39, 0.29) is 30.1 Å². The number of unbranched alkanes of at least 4 members (excludes halogenated alkanes) is 11. The molecule has 0 aromatic heterocycles. The SMILES string of the molecule is CCCCCCCCCCCCC(O)C1CCC(C(O)CCCCC(=O)CCCCC(O)CCC2=C[C@H](C)OC2=O)O1. The molecule has 42 heavy (non-hydrogen) atoms. The molecule has 2 heterocycles. The van der Waals surface area contributed by atoms with Crippen molar-refractivity contribution in [3.8, 4) is 0 Å². The molecule has 7 nitrogen and oxygen atoms in total. The van der Waals surface area contributed by atoms with Gasteiger partial charge in [-0.2, -0.15) is 0 Å². The van der Waals surface area contributed by atoms with Crippen LogP contribution in [0.3, 0.4) is 0 Å². The van der Waals surface area contributed by atoms with Gasteiger partial charge in [-0.25, -0.2) is 4.79 Å². The lowest BCUT2D eigenvalue weighted by Gasteiger charge is -2.22. The first-order chi connectivity index (χ1) is 20.3. The van der Waals surface area contributed by atoms with Crippen LogP contribution < -0.4 is 0 Å². The van der Waals surface area contributed by atoms with Gasteiger partial charge in [0.15, 0.2) is 0 Å². The molecule has 1 saturated heterocycles. The minimum Gasteiger partial charge on any atom is -0.455 e. The summed E-state index contributed by atoms with van der Waals surface area (Å²) in [5, 5.41) is 31.4. The van der Waals surface area contributed by atoms with E-state index in [9.17, 15) is 24.9 Å². The van der Waals surface area contributed by atoms with Crippen LogP contribution in [0.5, 0.6) is 0 Å². The number of rotatable bonds is 26. The molecule has 7 heteroatoms. The lowest BCUT2D eigenvalue weighted by molar-refractivity contribution is -0.139. The molecule has 0 saturated carbocycles. The largest absolute Gasteiger partial charge is 0.455 e. The summed E-state index contributed by atoms with van der Waals surface area (Å²) in [6.45, 7) is 4.08. The number of carbonyl (C=O) groups is 2. The Morgan fingerprint density at radius 1 is 0.762 bits per heavy atom. The number of hydrogen-bond donors (Lipinski definition) is 3. The smallest absolute Gasteiger partial charge is 0.334 e. The summed E-state index contributed by atoms with van der Waals surface area (Å²) in [5.74, 6) is -0.0412. The predicted molar refractivity (Wildman–Crippen MR) is 167 cm³/mol. The Hall–Kier alpha value is -1.28. The van der Waals surface area contributed by atoms with Crippen LogP contribution in [0.15, 0.2) is 11.6 Å². The summed E-state index contributed by atoms with van der Waals surface area (Å²) in [6, 6.07) is 0. The summed E-state index contributed by atoms with van der Waals surface area (Å²) in [5.41, 5.74) is 0.651. The summed E-state index contributed by atoms with van der Waals surface area (Å²) in [6.07, 6.45) is 21.5. The zero-order chi connectivity index (χ0) is 30.6. The molecule has 0 aromatic rings. The van der Waals surface area contributed by atoms with Gasteiger partial charge in [0.25, 0.3) is 0 Å². The summed E-state index contributed by atoms with van der Waals surface area (Å²) in [4.78, 5) is 23.9. The number of esters is 1. The second kappa shape index (κ2) is 22.3. The van der Waals surface area contributed by atoms with Crippen LogP contribution in [0.25, 0.3) is 0 Å². The molecule has 244 valence electrons. The van der Waals surface area contributed by atoms with Gasteiger partial charge in [0, 0.05) is 18.4 Å². The van der Waals surface area contributed by atoms with Crippen LogP contribution in [0.2, 0.25) is 0 Å². The molecule has 0 aromatic carbocycles. The first-order valence-electron chi connectivity index (χ1n) is 17.4. The van der Waals surface area contributed by atoms with E-state index in [2.05, 4.69) is 6.92 Å². The van der Waals surface area contributed by atoms with Crippen LogP contribution >= 0.6 is 0 Å². The van der Waals surface area contributed by atoms with Crippen LogP contribution in [0, 0.1) is 0 Å². The highest BCUT2D eigenvalue weighted by Gasteiger charge is 2.34. The Bertz CT molecular complexity index is 766. The highest BCUT2D eigenvalue weighted by Crippen LogP contribution is 2.28. The average Bonchev–Trinajstić information content (AvgIpc) is 3.59. The third-order valence-electron chi connectivity index (χ3n) is 8.98. The van der Waals surface area contributed by atoms with Gasteiger partial charge in [0.1, 0.15) is 11.9 Å². The van der Waals surface area contributed by atoms with Crippen molar-refractivity contribution in [2.24, 2.45) is 0 Å². The van der Waals surface area contributed by atoms with Crippen molar-refractivity contribution in [1.82, 2.24) is 0 Å². The van der Waals surface area contributed by atoms with Crippen LogP contribution in [-0.4, -0.2) is 63.7 Å². The fourth-order valence-corrected chi connectivity index (χ4v) is 6.25. The summed E-state index contributed by atoms with van der Waals surface area (Å²) >= 11 is 0. The van der Waals surface area contributed by atoms with E-state index in [0.29, 0.717) is 44.1 Å².